The minimum absolute atomic E-state index is 0.0954. The first-order valence-corrected chi connectivity index (χ1v) is 10.0. The van der Waals surface area contributed by atoms with E-state index in [4.69, 9.17) is 11.6 Å². The van der Waals surface area contributed by atoms with Gasteiger partial charge in [-0.3, -0.25) is 9.48 Å². The van der Waals surface area contributed by atoms with E-state index >= 15 is 0 Å². The average molecular weight is 440 g/mol. The van der Waals surface area contributed by atoms with Crippen molar-refractivity contribution in [2.24, 2.45) is 5.92 Å². The van der Waals surface area contributed by atoms with Gasteiger partial charge in [0.2, 0.25) is 5.91 Å². The van der Waals surface area contributed by atoms with Gasteiger partial charge in [0.15, 0.2) is 0 Å². The Morgan fingerprint density at radius 3 is 2.35 bits per heavy atom. The van der Waals surface area contributed by atoms with E-state index in [0.717, 1.165) is 52.7 Å². The van der Waals surface area contributed by atoms with Crippen LogP contribution in [0.25, 0.3) is 0 Å². The summed E-state index contributed by atoms with van der Waals surface area (Å²) in [6.45, 7) is 9.74. The van der Waals surface area contributed by atoms with Gasteiger partial charge in [-0.05, 0) is 54.0 Å². The molecule has 2 aromatic rings. The van der Waals surface area contributed by atoms with Gasteiger partial charge in [0, 0.05) is 42.6 Å². The van der Waals surface area contributed by atoms with Crippen molar-refractivity contribution in [1.82, 2.24) is 14.7 Å². The number of hydrogen-bond donors (Lipinski definition) is 0. The first-order chi connectivity index (χ1) is 12.4. The second kappa shape index (κ2) is 8.01. The zero-order valence-electron chi connectivity index (χ0n) is 15.4. The Kier molecular flexibility index (Phi) is 5.92. The predicted molar refractivity (Wildman–Crippen MR) is 109 cm³/mol. The number of carbonyl (C=O) groups is 1. The second-order valence-corrected chi connectivity index (χ2v) is 8.09. The molecule has 1 amide bonds. The quantitative estimate of drug-likeness (QED) is 0.725. The lowest BCUT2D eigenvalue weighted by Crippen LogP contribution is -2.50. The van der Waals surface area contributed by atoms with Crippen LogP contribution in [0.15, 0.2) is 28.7 Å². The summed E-state index contributed by atoms with van der Waals surface area (Å²) >= 11 is 9.50. The van der Waals surface area contributed by atoms with Crippen LogP contribution in [0.2, 0.25) is 5.02 Å². The second-order valence-electron chi connectivity index (χ2n) is 6.86. The highest BCUT2D eigenvalue weighted by atomic mass is 79.9. The van der Waals surface area contributed by atoms with Gasteiger partial charge >= 0.3 is 0 Å². The summed E-state index contributed by atoms with van der Waals surface area (Å²) in [4.78, 5) is 17.1. The maximum absolute atomic E-state index is 12.8. The van der Waals surface area contributed by atoms with Crippen molar-refractivity contribution >= 4 is 39.1 Å². The molecule has 0 spiro atoms. The number of rotatable bonds is 4. The Bertz CT molecular complexity index is 782. The van der Waals surface area contributed by atoms with Crippen LogP contribution in [0.4, 0.5) is 5.69 Å². The Morgan fingerprint density at radius 2 is 1.81 bits per heavy atom. The highest BCUT2D eigenvalue weighted by molar-refractivity contribution is 9.10. The van der Waals surface area contributed by atoms with E-state index in [0.29, 0.717) is 6.54 Å². The minimum atomic E-state index is -0.0954. The molecule has 1 aromatic heterocycles. The standard InChI is InChI=1S/C19H24BrClN4O/c1-13(12-25-15(3)18(20)14(2)22-25)19(26)24-10-8-23(9-11-24)17-6-4-16(21)5-7-17/h4-7,13H,8-12H2,1-3H3. The summed E-state index contributed by atoms with van der Waals surface area (Å²) in [5, 5.41) is 5.26. The molecular formula is C19H24BrClN4O. The summed E-state index contributed by atoms with van der Waals surface area (Å²) in [6, 6.07) is 7.87. The van der Waals surface area contributed by atoms with Gasteiger partial charge in [0.25, 0.3) is 0 Å². The smallest absolute Gasteiger partial charge is 0.227 e. The summed E-state index contributed by atoms with van der Waals surface area (Å²) < 4.78 is 2.94. The molecule has 1 atom stereocenters. The Balaban J connectivity index is 1.57. The van der Waals surface area contributed by atoms with Crippen molar-refractivity contribution in [2.75, 3.05) is 31.1 Å². The number of hydrogen-bond acceptors (Lipinski definition) is 3. The highest BCUT2D eigenvalue weighted by Crippen LogP contribution is 2.22. The monoisotopic (exact) mass is 438 g/mol. The lowest BCUT2D eigenvalue weighted by Gasteiger charge is -2.37. The molecule has 140 valence electrons. The van der Waals surface area contributed by atoms with Gasteiger partial charge in [-0.25, -0.2) is 0 Å². The number of amides is 1. The van der Waals surface area contributed by atoms with Gasteiger partial charge in [0.05, 0.1) is 22.6 Å². The number of piperazine rings is 1. The van der Waals surface area contributed by atoms with Crippen molar-refractivity contribution in [3.05, 3.63) is 45.1 Å². The molecule has 0 N–H and O–H groups in total. The lowest BCUT2D eigenvalue weighted by molar-refractivity contribution is -0.135. The first-order valence-electron chi connectivity index (χ1n) is 8.85. The number of aryl methyl sites for hydroxylation is 1. The molecule has 2 heterocycles. The highest BCUT2D eigenvalue weighted by Gasteiger charge is 2.26. The maximum Gasteiger partial charge on any atom is 0.227 e. The number of anilines is 1. The van der Waals surface area contributed by atoms with Crippen molar-refractivity contribution in [3.63, 3.8) is 0 Å². The minimum Gasteiger partial charge on any atom is -0.368 e. The van der Waals surface area contributed by atoms with Gasteiger partial charge in [0.1, 0.15) is 0 Å². The third-order valence-electron chi connectivity index (χ3n) is 4.94. The van der Waals surface area contributed by atoms with E-state index in [2.05, 4.69) is 25.9 Å². The summed E-state index contributed by atoms with van der Waals surface area (Å²) in [7, 11) is 0. The van der Waals surface area contributed by atoms with E-state index in [9.17, 15) is 4.79 Å². The molecule has 3 rings (SSSR count). The van der Waals surface area contributed by atoms with E-state index in [1.807, 2.05) is 54.6 Å². The zero-order chi connectivity index (χ0) is 18.8. The number of benzene rings is 1. The molecule has 0 aliphatic carbocycles. The van der Waals surface area contributed by atoms with Gasteiger partial charge in [-0.15, -0.1) is 0 Å². The predicted octanol–water partition coefficient (Wildman–Crippen LogP) is 3.90. The van der Waals surface area contributed by atoms with Gasteiger partial charge < -0.3 is 9.80 Å². The number of nitrogens with zero attached hydrogens (tertiary/aromatic N) is 4. The molecule has 0 radical (unpaired) electrons. The molecule has 5 nitrogen and oxygen atoms in total. The third-order valence-corrected chi connectivity index (χ3v) is 6.34. The fourth-order valence-electron chi connectivity index (χ4n) is 3.34. The molecule has 1 saturated heterocycles. The topological polar surface area (TPSA) is 41.4 Å². The largest absolute Gasteiger partial charge is 0.368 e. The maximum atomic E-state index is 12.8. The molecule has 1 fully saturated rings. The molecular weight excluding hydrogens is 416 g/mol. The van der Waals surface area contributed by atoms with Crippen molar-refractivity contribution in [1.29, 1.82) is 0 Å². The van der Waals surface area contributed by atoms with E-state index in [-0.39, 0.29) is 11.8 Å². The van der Waals surface area contributed by atoms with E-state index in [1.165, 1.54) is 0 Å². The molecule has 0 saturated carbocycles. The normalized spacial score (nSPS) is 16.0. The van der Waals surface area contributed by atoms with Crippen molar-refractivity contribution in [3.8, 4) is 0 Å². The molecule has 1 unspecified atom stereocenters. The lowest BCUT2D eigenvalue weighted by atomic mass is 10.1. The van der Waals surface area contributed by atoms with Crippen molar-refractivity contribution < 1.29 is 4.79 Å². The van der Waals surface area contributed by atoms with Crippen LogP contribution in [0.3, 0.4) is 0 Å². The Hall–Kier alpha value is -1.53. The zero-order valence-corrected chi connectivity index (χ0v) is 17.7. The average Bonchev–Trinajstić information content (AvgIpc) is 2.88. The Labute approximate surface area is 168 Å². The van der Waals surface area contributed by atoms with E-state index in [1.54, 1.807) is 0 Å². The van der Waals surface area contributed by atoms with Crippen LogP contribution in [-0.2, 0) is 11.3 Å². The van der Waals surface area contributed by atoms with Crippen LogP contribution in [0.1, 0.15) is 18.3 Å². The van der Waals surface area contributed by atoms with E-state index < -0.39 is 0 Å². The first kappa shape index (κ1) is 19.2. The molecule has 1 aliphatic rings. The molecule has 0 bridgehead atoms. The third kappa shape index (κ3) is 4.07. The molecule has 1 aliphatic heterocycles. The van der Waals surface area contributed by atoms with Gasteiger partial charge in [-0.1, -0.05) is 18.5 Å². The Morgan fingerprint density at radius 1 is 1.19 bits per heavy atom. The molecule has 26 heavy (non-hydrogen) atoms. The molecule has 1 aromatic carbocycles. The van der Waals surface area contributed by atoms with Gasteiger partial charge in [-0.2, -0.15) is 5.10 Å². The SMILES string of the molecule is Cc1nn(CC(C)C(=O)N2CCN(c3ccc(Cl)cc3)CC2)c(C)c1Br. The van der Waals surface area contributed by atoms with Crippen LogP contribution in [0, 0.1) is 19.8 Å². The van der Waals surface area contributed by atoms with Crippen LogP contribution < -0.4 is 4.90 Å². The number of aromatic nitrogens is 2. The number of carbonyl (C=O) groups excluding carboxylic acids is 1. The number of halogens is 2. The van der Waals surface area contributed by atoms with Crippen LogP contribution >= 0.6 is 27.5 Å². The summed E-state index contributed by atoms with van der Waals surface area (Å²) in [5.74, 6) is 0.103. The fraction of sp³-hybridized carbons (Fsp3) is 0.474. The summed E-state index contributed by atoms with van der Waals surface area (Å²) in [6.07, 6.45) is 0. The summed E-state index contributed by atoms with van der Waals surface area (Å²) in [5.41, 5.74) is 3.18. The van der Waals surface area contributed by atoms with Crippen LogP contribution in [-0.4, -0.2) is 46.8 Å². The van der Waals surface area contributed by atoms with Crippen molar-refractivity contribution in [2.45, 2.75) is 27.3 Å². The fourth-order valence-corrected chi connectivity index (χ4v) is 3.75. The molecule has 7 heteroatoms. The van der Waals surface area contributed by atoms with Crippen LogP contribution in [0.5, 0.6) is 0 Å².